The molecule has 0 unspecified atom stereocenters. The largest absolute Gasteiger partial charge is 0.367 e. The second kappa shape index (κ2) is 6.05. The minimum atomic E-state index is 0.247. The zero-order valence-electron chi connectivity index (χ0n) is 11.1. The number of hydrogen-bond donors (Lipinski definition) is 2. The van der Waals surface area contributed by atoms with E-state index in [9.17, 15) is 4.79 Å². The molecule has 1 aliphatic rings. The monoisotopic (exact) mass is 249 g/mol. The summed E-state index contributed by atoms with van der Waals surface area (Å²) in [7, 11) is 1.93. The number of carbonyl (C=O) groups is 1. The van der Waals surface area contributed by atoms with Crippen LogP contribution in [0.5, 0.6) is 0 Å². The molecule has 0 saturated heterocycles. The number of nitrogens with two attached hydrogens (primary N) is 1. The van der Waals surface area contributed by atoms with Crippen molar-refractivity contribution in [2.45, 2.75) is 50.6 Å². The number of H-pyrrole nitrogens is 1. The van der Waals surface area contributed by atoms with Crippen LogP contribution in [0.25, 0.3) is 0 Å². The van der Waals surface area contributed by atoms with Gasteiger partial charge in [0.25, 0.3) is 0 Å². The van der Waals surface area contributed by atoms with Crippen LogP contribution >= 0.6 is 0 Å². The van der Waals surface area contributed by atoms with Crippen molar-refractivity contribution in [2.75, 3.05) is 7.05 Å². The maximum Gasteiger partial charge on any atom is 0.222 e. The maximum atomic E-state index is 12.1. The Kier molecular flexibility index (Phi) is 4.42. The quantitative estimate of drug-likeness (QED) is 0.852. The van der Waals surface area contributed by atoms with Gasteiger partial charge in [-0.3, -0.25) is 4.79 Å². The van der Waals surface area contributed by atoms with Crippen LogP contribution in [0.4, 0.5) is 0 Å². The lowest BCUT2D eigenvalue weighted by Crippen LogP contribution is -2.41. The van der Waals surface area contributed by atoms with Gasteiger partial charge in [0.05, 0.1) is 0 Å². The van der Waals surface area contributed by atoms with Crippen molar-refractivity contribution >= 4 is 5.91 Å². The topological polar surface area (TPSA) is 62.1 Å². The van der Waals surface area contributed by atoms with Crippen molar-refractivity contribution in [3.05, 3.63) is 24.0 Å². The molecule has 0 aliphatic heterocycles. The van der Waals surface area contributed by atoms with Crippen molar-refractivity contribution in [3.63, 3.8) is 0 Å². The fourth-order valence-corrected chi connectivity index (χ4v) is 2.63. The third-order valence-corrected chi connectivity index (χ3v) is 3.97. The first-order chi connectivity index (χ1) is 8.66. The summed E-state index contributed by atoms with van der Waals surface area (Å²) >= 11 is 0. The van der Waals surface area contributed by atoms with E-state index in [0.29, 0.717) is 18.5 Å². The molecule has 0 atom stereocenters. The molecule has 18 heavy (non-hydrogen) atoms. The first-order valence-electron chi connectivity index (χ1n) is 6.79. The highest BCUT2D eigenvalue weighted by Crippen LogP contribution is 2.21. The first-order valence-corrected chi connectivity index (χ1v) is 6.79. The van der Waals surface area contributed by atoms with Gasteiger partial charge in [-0.25, -0.2) is 0 Å². The number of carbonyl (C=O) groups excluding carboxylic acids is 1. The van der Waals surface area contributed by atoms with E-state index in [1.54, 1.807) is 0 Å². The highest BCUT2D eigenvalue weighted by molar-refractivity contribution is 5.76. The molecule has 1 amide bonds. The van der Waals surface area contributed by atoms with Gasteiger partial charge in [-0.05, 0) is 43.7 Å². The summed E-state index contributed by atoms with van der Waals surface area (Å²) in [6.45, 7) is 0. The summed E-state index contributed by atoms with van der Waals surface area (Å²) in [6, 6.07) is 2.75. The van der Waals surface area contributed by atoms with Crippen molar-refractivity contribution in [2.24, 2.45) is 5.73 Å². The number of nitrogens with zero attached hydrogens (tertiary/aromatic N) is 1. The maximum absolute atomic E-state index is 12.1. The van der Waals surface area contributed by atoms with E-state index in [1.807, 2.05) is 30.4 Å². The molecule has 3 N–H and O–H groups in total. The molecule has 1 saturated carbocycles. The fraction of sp³-hybridized carbons (Fsp3) is 0.643. The molecule has 1 aromatic heterocycles. The van der Waals surface area contributed by atoms with Crippen LogP contribution < -0.4 is 5.73 Å². The fourth-order valence-electron chi connectivity index (χ4n) is 2.63. The summed E-state index contributed by atoms with van der Waals surface area (Å²) in [5.41, 5.74) is 7.09. The van der Waals surface area contributed by atoms with Crippen LogP contribution in [0.1, 0.15) is 37.7 Å². The molecule has 0 radical (unpaired) electrons. The average molecular weight is 249 g/mol. The molecule has 1 fully saturated rings. The van der Waals surface area contributed by atoms with Crippen molar-refractivity contribution in [1.29, 1.82) is 0 Å². The molecule has 0 bridgehead atoms. The van der Waals surface area contributed by atoms with Crippen molar-refractivity contribution in [3.8, 4) is 0 Å². The number of aromatic amines is 1. The van der Waals surface area contributed by atoms with Gasteiger partial charge in [-0.15, -0.1) is 0 Å². The summed E-state index contributed by atoms with van der Waals surface area (Å²) in [4.78, 5) is 17.0. The van der Waals surface area contributed by atoms with E-state index in [2.05, 4.69) is 4.98 Å². The lowest BCUT2D eigenvalue weighted by atomic mass is 9.91. The number of rotatable bonds is 4. The molecule has 1 aliphatic carbocycles. The smallest absolute Gasteiger partial charge is 0.222 e. The molecule has 0 aromatic carbocycles. The van der Waals surface area contributed by atoms with E-state index >= 15 is 0 Å². The zero-order valence-corrected chi connectivity index (χ0v) is 11.1. The lowest BCUT2D eigenvalue weighted by molar-refractivity contribution is -0.132. The van der Waals surface area contributed by atoms with Gasteiger partial charge in [0.2, 0.25) is 5.91 Å². The Balaban J connectivity index is 1.77. The molecule has 2 rings (SSSR count). The molecule has 4 nitrogen and oxygen atoms in total. The van der Waals surface area contributed by atoms with E-state index in [-0.39, 0.29) is 5.91 Å². The van der Waals surface area contributed by atoms with E-state index < -0.39 is 0 Å². The molecule has 1 heterocycles. The minimum Gasteiger partial charge on any atom is -0.367 e. The second-order valence-electron chi connectivity index (χ2n) is 5.29. The van der Waals surface area contributed by atoms with Crippen LogP contribution in [0.15, 0.2) is 18.5 Å². The summed E-state index contributed by atoms with van der Waals surface area (Å²) in [5, 5.41) is 0. The predicted molar refractivity (Wildman–Crippen MR) is 72.1 cm³/mol. The Hall–Kier alpha value is -1.29. The standard InChI is InChI=1S/C14H23N3O/c1-17(13-5-3-12(15)4-6-13)14(18)7-2-11-8-9-16-10-11/h8-10,12-13,16H,2-7,15H2,1H3. The summed E-state index contributed by atoms with van der Waals surface area (Å²) in [5.74, 6) is 0.247. The molecule has 0 spiro atoms. The zero-order chi connectivity index (χ0) is 13.0. The minimum absolute atomic E-state index is 0.247. The van der Waals surface area contributed by atoms with Crippen molar-refractivity contribution in [1.82, 2.24) is 9.88 Å². The van der Waals surface area contributed by atoms with E-state index in [1.165, 1.54) is 5.56 Å². The lowest BCUT2D eigenvalue weighted by Gasteiger charge is -2.33. The number of aromatic nitrogens is 1. The Morgan fingerprint density at radius 2 is 2.17 bits per heavy atom. The van der Waals surface area contributed by atoms with Gasteiger partial charge in [-0.2, -0.15) is 0 Å². The molecule has 1 aromatic rings. The summed E-state index contributed by atoms with van der Waals surface area (Å²) in [6.07, 6.45) is 9.44. The Bertz CT molecular complexity index is 366. The number of aryl methyl sites for hydroxylation is 1. The Labute approximate surface area is 109 Å². The molecular formula is C14H23N3O. The van der Waals surface area contributed by atoms with Crippen molar-refractivity contribution < 1.29 is 4.79 Å². The number of amides is 1. The van der Waals surface area contributed by atoms with Gasteiger partial charge < -0.3 is 15.6 Å². The van der Waals surface area contributed by atoms with Crippen LogP contribution in [0.2, 0.25) is 0 Å². The van der Waals surface area contributed by atoms with Gasteiger partial charge in [0.1, 0.15) is 0 Å². The van der Waals surface area contributed by atoms with Crippen LogP contribution in [0.3, 0.4) is 0 Å². The third kappa shape index (κ3) is 3.35. The molecular weight excluding hydrogens is 226 g/mol. The third-order valence-electron chi connectivity index (χ3n) is 3.97. The van der Waals surface area contributed by atoms with Gasteiger partial charge in [0.15, 0.2) is 0 Å². The highest BCUT2D eigenvalue weighted by Gasteiger charge is 2.24. The summed E-state index contributed by atoms with van der Waals surface area (Å²) < 4.78 is 0. The Morgan fingerprint density at radius 3 is 2.78 bits per heavy atom. The predicted octanol–water partition coefficient (Wildman–Crippen LogP) is 1.68. The Morgan fingerprint density at radius 1 is 1.44 bits per heavy atom. The number of nitrogens with one attached hydrogen (secondary N) is 1. The average Bonchev–Trinajstić information content (AvgIpc) is 2.89. The van der Waals surface area contributed by atoms with Gasteiger partial charge in [0, 0.05) is 37.9 Å². The highest BCUT2D eigenvalue weighted by atomic mass is 16.2. The molecule has 4 heteroatoms. The van der Waals surface area contributed by atoms with Gasteiger partial charge >= 0.3 is 0 Å². The molecule has 100 valence electrons. The normalized spacial score (nSPS) is 23.9. The van der Waals surface area contributed by atoms with Crippen LogP contribution in [-0.2, 0) is 11.2 Å². The first kappa shape index (κ1) is 13.1. The van der Waals surface area contributed by atoms with E-state index in [0.717, 1.165) is 32.1 Å². The van der Waals surface area contributed by atoms with Crippen LogP contribution in [-0.4, -0.2) is 34.9 Å². The SMILES string of the molecule is CN(C(=O)CCc1cc[nH]c1)C1CCC(N)CC1. The second-order valence-corrected chi connectivity index (χ2v) is 5.29. The van der Waals surface area contributed by atoms with Gasteiger partial charge in [-0.1, -0.05) is 0 Å². The van der Waals surface area contributed by atoms with Crippen LogP contribution in [0, 0.1) is 0 Å². The number of hydrogen-bond acceptors (Lipinski definition) is 2. The van der Waals surface area contributed by atoms with E-state index in [4.69, 9.17) is 5.73 Å².